The van der Waals surface area contributed by atoms with Crippen LogP contribution in [0, 0.1) is 0 Å². The lowest BCUT2D eigenvalue weighted by Crippen LogP contribution is -2.40. The molecule has 3 aromatic heterocycles. The number of methoxy groups -OCH3 is 1. The number of H-pyrrole nitrogens is 1. The minimum atomic E-state index is -0.512. The Bertz CT molecular complexity index is 1480. The molecule has 0 aliphatic carbocycles. The minimum absolute atomic E-state index is 0.0404. The third kappa shape index (κ3) is 4.93. The Hall–Kier alpha value is -4.16. The summed E-state index contributed by atoms with van der Waals surface area (Å²) in [6.07, 6.45) is 3.52. The summed E-state index contributed by atoms with van der Waals surface area (Å²) < 4.78 is 5.67. The number of hydrogen-bond donors (Lipinski definition) is 4. The fraction of sp³-hybridized carbons (Fsp3) is 0.280. The van der Waals surface area contributed by atoms with Gasteiger partial charge in [-0.2, -0.15) is 9.97 Å². The maximum Gasteiger partial charge on any atom is 0.260 e. The topological polar surface area (TPSA) is 142 Å². The molecule has 0 saturated carbocycles. The van der Waals surface area contributed by atoms with Crippen LogP contribution in [0.2, 0.25) is 0 Å². The van der Waals surface area contributed by atoms with Gasteiger partial charge in [-0.1, -0.05) is 0 Å². The summed E-state index contributed by atoms with van der Waals surface area (Å²) >= 11 is 1.26. The monoisotopic (exact) mass is 520 g/mol. The first-order chi connectivity index (χ1) is 17.8. The van der Waals surface area contributed by atoms with Crippen LogP contribution in [-0.4, -0.2) is 66.0 Å². The SMILES string of the molecule is COc1cc2c(cc1Nc1nc(Nc3ccsc3C(N)=O)c3cc[nH]c3n1)N(C(=O)CN(C)C)CCC2. The van der Waals surface area contributed by atoms with Gasteiger partial charge in [0, 0.05) is 18.4 Å². The average molecular weight is 521 g/mol. The van der Waals surface area contributed by atoms with E-state index in [0.29, 0.717) is 52.5 Å². The number of anilines is 5. The molecule has 1 aliphatic rings. The van der Waals surface area contributed by atoms with Crippen LogP contribution in [0.15, 0.2) is 35.8 Å². The maximum atomic E-state index is 12.9. The van der Waals surface area contributed by atoms with Crippen molar-refractivity contribution in [2.24, 2.45) is 5.73 Å². The number of primary amides is 1. The van der Waals surface area contributed by atoms with Crippen molar-refractivity contribution in [2.45, 2.75) is 12.8 Å². The Balaban J connectivity index is 1.52. The van der Waals surface area contributed by atoms with Gasteiger partial charge in [-0.05, 0) is 62.1 Å². The van der Waals surface area contributed by atoms with Crippen LogP contribution in [0.25, 0.3) is 11.0 Å². The van der Waals surface area contributed by atoms with E-state index in [1.54, 1.807) is 24.8 Å². The molecule has 11 nitrogen and oxygen atoms in total. The van der Waals surface area contributed by atoms with Crippen LogP contribution in [0.4, 0.5) is 28.8 Å². The van der Waals surface area contributed by atoms with E-state index in [1.807, 2.05) is 42.1 Å². The zero-order valence-corrected chi connectivity index (χ0v) is 21.6. The number of aromatic nitrogens is 3. The molecule has 0 saturated heterocycles. The summed E-state index contributed by atoms with van der Waals surface area (Å²) in [4.78, 5) is 41.3. The largest absolute Gasteiger partial charge is 0.495 e. The second-order valence-corrected chi connectivity index (χ2v) is 9.90. The van der Waals surface area contributed by atoms with Gasteiger partial charge < -0.3 is 35.9 Å². The van der Waals surface area contributed by atoms with Crippen molar-refractivity contribution >= 4 is 63.0 Å². The number of amides is 2. The third-order valence-corrected chi connectivity index (χ3v) is 7.01. The summed E-state index contributed by atoms with van der Waals surface area (Å²) in [6.45, 7) is 0.985. The van der Waals surface area contributed by atoms with Gasteiger partial charge in [0.15, 0.2) is 0 Å². The maximum absolute atomic E-state index is 12.9. The molecular weight excluding hydrogens is 492 g/mol. The number of nitrogens with zero attached hydrogens (tertiary/aromatic N) is 4. The Morgan fingerprint density at radius 3 is 2.81 bits per heavy atom. The molecule has 37 heavy (non-hydrogen) atoms. The second kappa shape index (κ2) is 10.1. The van der Waals surface area contributed by atoms with Crippen LogP contribution in [0.5, 0.6) is 5.75 Å². The lowest BCUT2D eigenvalue weighted by Gasteiger charge is -2.31. The highest BCUT2D eigenvalue weighted by Gasteiger charge is 2.25. The predicted molar refractivity (Wildman–Crippen MR) is 146 cm³/mol. The van der Waals surface area contributed by atoms with Crippen molar-refractivity contribution in [3.05, 3.63) is 46.3 Å². The number of fused-ring (bicyclic) bond motifs is 2. The molecule has 192 valence electrons. The third-order valence-electron chi connectivity index (χ3n) is 6.08. The Morgan fingerprint density at radius 1 is 1.22 bits per heavy atom. The van der Waals surface area contributed by atoms with Crippen molar-refractivity contribution < 1.29 is 14.3 Å². The Labute approximate surface area is 217 Å². The number of thiophene rings is 1. The van der Waals surface area contributed by atoms with E-state index in [1.165, 1.54) is 11.3 Å². The van der Waals surface area contributed by atoms with Gasteiger partial charge in [-0.3, -0.25) is 9.59 Å². The molecule has 0 bridgehead atoms. The molecule has 4 aromatic rings. The number of aryl methyl sites for hydroxylation is 1. The fourth-order valence-electron chi connectivity index (χ4n) is 4.43. The number of ether oxygens (including phenoxy) is 1. The van der Waals surface area contributed by atoms with Gasteiger partial charge in [0.05, 0.1) is 30.4 Å². The molecule has 0 spiro atoms. The quantitative estimate of drug-likeness (QED) is 0.277. The number of benzene rings is 1. The summed E-state index contributed by atoms with van der Waals surface area (Å²) in [5.41, 5.74) is 9.24. The second-order valence-electron chi connectivity index (χ2n) is 8.98. The summed E-state index contributed by atoms with van der Waals surface area (Å²) in [5, 5.41) is 9.03. The first-order valence-corrected chi connectivity index (χ1v) is 12.6. The number of likely N-dealkylation sites (N-methyl/N-ethyl adjacent to an activating group) is 1. The van der Waals surface area contributed by atoms with E-state index in [-0.39, 0.29) is 5.91 Å². The average Bonchev–Trinajstić information content (AvgIpc) is 3.52. The molecular formula is C25H28N8O3S. The lowest BCUT2D eigenvalue weighted by molar-refractivity contribution is -0.119. The van der Waals surface area contributed by atoms with Crippen molar-refractivity contribution in [1.82, 2.24) is 19.9 Å². The zero-order valence-electron chi connectivity index (χ0n) is 20.8. The zero-order chi connectivity index (χ0) is 26.1. The molecule has 2 amide bonds. The number of rotatable bonds is 8. The van der Waals surface area contributed by atoms with E-state index in [2.05, 4.69) is 25.6 Å². The molecule has 0 fully saturated rings. The van der Waals surface area contributed by atoms with Crippen LogP contribution < -0.4 is 26.0 Å². The fourth-order valence-corrected chi connectivity index (χ4v) is 5.13. The van der Waals surface area contributed by atoms with E-state index < -0.39 is 5.91 Å². The first kappa shape index (κ1) is 24.5. The van der Waals surface area contributed by atoms with E-state index >= 15 is 0 Å². The predicted octanol–water partition coefficient (Wildman–Crippen LogP) is 3.45. The van der Waals surface area contributed by atoms with Crippen LogP contribution in [0.3, 0.4) is 0 Å². The number of hydrogen-bond acceptors (Lipinski definition) is 9. The summed E-state index contributed by atoms with van der Waals surface area (Å²) in [5.74, 6) is 0.975. The molecule has 0 unspecified atom stereocenters. The number of carbonyl (C=O) groups excluding carboxylic acids is 2. The van der Waals surface area contributed by atoms with Gasteiger partial charge in [0.1, 0.15) is 22.1 Å². The van der Waals surface area contributed by atoms with Crippen molar-refractivity contribution in [3.63, 3.8) is 0 Å². The highest BCUT2D eigenvalue weighted by molar-refractivity contribution is 7.12. The molecule has 5 N–H and O–H groups in total. The van der Waals surface area contributed by atoms with Gasteiger partial charge in [-0.25, -0.2) is 0 Å². The smallest absolute Gasteiger partial charge is 0.260 e. The molecule has 4 heterocycles. The normalized spacial score (nSPS) is 13.0. The number of carbonyl (C=O) groups is 2. The van der Waals surface area contributed by atoms with Gasteiger partial charge >= 0.3 is 0 Å². The number of nitrogens with two attached hydrogens (primary N) is 1. The highest BCUT2D eigenvalue weighted by atomic mass is 32.1. The first-order valence-electron chi connectivity index (χ1n) is 11.8. The molecule has 0 radical (unpaired) electrons. The minimum Gasteiger partial charge on any atom is -0.495 e. The van der Waals surface area contributed by atoms with Crippen LogP contribution in [-0.2, 0) is 11.2 Å². The molecule has 1 aliphatic heterocycles. The Kier molecular flexibility index (Phi) is 6.68. The van der Waals surface area contributed by atoms with Crippen molar-refractivity contribution in [2.75, 3.05) is 49.8 Å². The van der Waals surface area contributed by atoms with Crippen molar-refractivity contribution in [3.8, 4) is 5.75 Å². The molecule has 12 heteroatoms. The van der Waals surface area contributed by atoms with Crippen molar-refractivity contribution in [1.29, 1.82) is 0 Å². The molecule has 5 rings (SSSR count). The summed E-state index contributed by atoms with van der Waals surface area (Å²) in [6, 6.07) is 7.51. The summed E-state index contributed by atoms with van der Waals surface area (Å²) in [7, 11) is 5.37. The van der Waals surface area contributed by atoms with Gasteiger partial charge in [-0.15, -0.1) is 11.3 Å². The Morgan fingerprint density at radius 2 is 2.05 bits per heavy atom. The van der Waals surface area contributed by atoms with Gasteiger partial charge in [0.25, 0.3) is 5.91 Å². The number of nitrogens with one attached hydrogen (secondary N) is 3. The molecule has 1 aromatic carbocycles. The standard InChI is InChI=1S/C25H28N8O3S/c1-32(2)13-20(34)33-9-4-5-14-11-19(36-3)17(12-18(14)33)29-25-30-23-15(6-8-27-23)24(31-25)28-16-7-10-37-21(16)22(26)35/h6-8,10-12H,4-5,9,13H2,1-3H3,(H2,26,35)(H3,27,28,29,30,31). The van der Waals surface area contributed by atoms with Crippen LogP contribution >= 0.6 is 11.3 Å². The molecule has 0 atom stereocenters. The van der Waals surface area contributed by atoms with Crippen LogP contribution in [0.1, 0.15) is 21.7 Å². The lowest BCUT2D eigenvalue weighted by atomic mass is 10.00. The van der Waals surface area contributed by atoms with Gasteiger partial charge in [0.2, 0.25) is 11.9 Å². The van der Waals surface area contributed by atoms with E-state index in [9.17, 15) is 9.59 Å². The highest BCUT2D eigenvalue weighted by Crippen LogP contribution is 2.38. The number of aromatic amines is 1. The van der Waals surface area contributed by atoms with E-state index in [0.717, 1.165) is 29.5 Å². The van der Waals surface area contributed by atoms with E-state index in [4.69, 9.17) is 10.5 Å².